The van der Waals surface area contributed by atoms with Crippen LogP contribution in [-0.2, 0) is 0 Å². The number of aromatic nitrogens is 1. The summed E-state index contributed by atoms with van der Waals surface area (Å²) in [6, 6.07) is 5.64. The summed E-state index contributed by atoms with van der Waals surface area (Å²) in [5.41, 5.74) is 1.17. The molecule has 1 unspecified atom stereocenters. The molecule has 0 fully saturated rings. The second-order valence-electron chi connectivity index (χ2n) is 3.90. The summed E-state index contributed by atoms with van der Waals surface area (Å²) in [5, 5.41) is 2.99. The summed E-state index contributed by atoms with van der Waals surface area (Å²) in [7, 11) is 0. The van der Waals surface area contributed by atoms with E-state index in [1.807, 2.05) is 19.1 Å². The molecule has 18 heavy (non-hydrogen) atoms. The van der Waals surface area contributed by atoms with Crippen molar-refractivity contribution in [3.63, 3.8) is 0 Å². The maximum atomic E-state index is 13.6. The Balaban J connectivity index is 2.25. The number of benzene rings is 1. The average molecular weight is 313 g/mol. The zero-order valence-corrected chi connectivity index (χ0v) is 11.2. The molecule has 2 aromatic rings. The molecule has 0 aliphatic rings. The quantitative estimate of drug-likeness (QED) is 0.914. The van der Waals surface area contributed by atoms with Crippen molar-refractivity contribution in [1.29, 1.82) is 0 Å². The Bertz CT molecular complexity index is 523. The molecule has 1 N–H and O–H groups in total. The van der Waals surface area contributed by atoms with E-state index >= 15 is 0 Å². The highest BCUT2D eigenvalue weighted by atomic mass is 79.9. The molecular formula is C13H11BrF2N2. The van der Waals surface area contributed by atoms with Crippen LogP contribution in [0, 0.1) is 11.6 Å². The summed E-state index contributed by atoms with van der Waals surface area (Å²) >= 11 is 3.14. The average Bonchev–Trinajstić information content (AvgIpc) is 2.34. The van der Waals surface area contributed by atoms with Gasteiger partial charge in [0, 0.05) is 22.9 Å². The first-order valence-corrected chi connectivity index (χ1v) is 6.18. The molecule has 0 bridgehead atoms. The zero-order chi connectivity index (χ0) is 13.1. The highest BCUT2D eigenvalue weighted by molar-refractivity contribution is 9.10. The van der Waals surface area contributed by atoms with Crippen LogP contribution in [0.25, 0.3) is 0 Å². The lowest BCUT2D eigenvalue weighted by atomic mass is 10.1. The topological polar surface area (TPSA) is 24.9 Å². The van der Waals surface area contributed by atoms with Crippen LogP contribution >= 0.6 is 15.9 Å². The Morgan fingerprint density at radius 1 is 1.33 bits per heavy atom. The van der Waals surface area contributed by atoms with Crippen molar-refractivity contribution < 1.29 is 8.78 Å². The van der Waals surface area contributed by atoms with E-state index in [1.54, 1.807) is 12.4 Å². The Labute approximate surface area is 112 Å². The molecule has 94 valence electrons. The first kappa shape index (κ1) is 13.0. The lowest BCUT2D eigenvalue weighted by molar-refractivity contribution is 0.582. The first-order chi connectivity index (χ1) is 8.58. The third kappa shape index (κ3) is 2.85. The fourth-order valence-corrected chi connectivity index (χ4v) is 2.13. The number of nitrogens with zero attached hydrogens (tertiary/aromatic N) is 1. The van der Waals surface area contributed by atoms with Gasteiger partial charge in [0.2, 0.25) is 0 Å². The van der Waals surface area contributed by atoms with Crippen molar-refractivity contribution in [1.82, 2.24) is 4.98 Å². The molecule has 0 radical (unpaired) electrons. The number of rotatable bonds is 3. The van der Waals surface area contributed by atoms with E-state index in [1.165, 1.54) is 6.07 Å². The van der Waals surface area contributed by atoms with E-state index in [0.717, 1.165) is 11.6 Å². The van der Waals surface area contributed by atoms with Crippen LogP contribution in [0.15, 0.2) is 41.1 Å². The Morgan fingerprint density at radius 2 is 2.11 bits per heavy atom. The monoisotopic (exact) mass is 312 g/mol. The van der Waals surface area contributed by atoms with Gasteiger partial charge in [-0.3, -0.25) is 4.98 Å². The first-order valence-electron chi connectivity index (χ1n) is 5.39. The molecule has 0 aliphatic heterocycles. The van der Waals surface area contributed by atoms with Crippen molar-refractivity contribution >= 4 is 21.6 Å². The highest BCUT2D eigenvalue weighted by Crippen LogP contribution is 2.30. The molecule has 0 saturated heterocycles. The third-order valence-electron chi connectivity index (χ3n) is 2.55. The molecule has 0 spiro atoms. The third-order valence-corrected chi connectivity index (χ3v) is 3.18. The number of halogens is 3. The van der Waals surface area contributed by atoms with Crippen molar-refractivity contribution in [2.24, 2.45) is 0 Å². The molecule has 0 amide bonds. The summed E-state index contributed by atoms with van der Waals surface area (Å²) < 4.78 is 27.0. The molecule has 1 aromatic carbocycles. The minimum Gasteiger partial charge on any atom is -0.375 e. The van der Waals surface area contributed by atoms with Gasteiger partial charge in [0.05, 0.1) is 11.7 Å². The lowest BCUT2D eigenvalue weighted by Crippen LogP contribution is -2.09. The van der Waals surface area contributed by atoms with Gasteiger partial charge in [0.1, 0.15) is 11.6 Å². The minimum atomic E-state index is -0.627. The molecule has 1 atom stereocenters. The molecule has 5 heteroatoms. The van der Waals surface area contributed by atoms with E-state index in [9.17, 15) is 8.78 Å². The van der Waals surface area contributed by atoms with Crippen molar-refractivity contribution in [2.75, 3.05) is 5.32 Å². The van der Waals surface area contributed by atoms with Gasteiger partial charge in [0.15, 0.2) is 0 Å². The maximum absolute atomic E-state index is 13.6. The van der Waals surface area contributed by atoms with E-state index in [4.69, 9.17) is 0 Å². The van der Waals surface area contributed by atoms with Gasteiger partial charge in [-0.2, -0.15) is 0 Å². The molecule has 0 aliphatic carbocycles. The second kappa shape index (κ2) is 5.44. The summed E-state index contributed by atoms with van der Waals surface area (Å²) in [6.45, 7) is 1.88. The Morgan fingerprint density at radius 3 is 2.72 bits per heavy atom. The summed E-state index contributed by atoms with van der Waals surface area (Å²) in [4.78, 5) is 4.00. The molecule has 1 heterocycles. The number of pyridine rings is 1. The number of nitrogens with one attached hydrogen (secondary N) is 1. The van der Waals surface area contributed by atoms with Crippen LogP contribution in [-0.4, -0.2) is 4.98 Å². The fraction of sp³-hybridized carbons (Fsp3) is 0.154. The lowest BCUT2D eigenvalue weighted by Gasteiger charge is -2.17. The van der Waals surface area contributed by atoms with E-state index in [0.29, 0.717) is 4.47 Å². The minimum absolute atomic E-state index is 0.130. The van der Waals surface area contributed by atoms with E-state index in [-0.39, 0.29) is 11.7 Å². The normalized spacial score (nSPS) is 12.2. The maximum Gasteiger partial charge on any atom is 0.150 e. The van der Waals surface area contributed by atoms with Gasteiger partial charge in [-0.25, -0.2) is 8.78 Å². The standard InChI is InChI=1S/C13H11BrF2N2/c1-8(9-3-2-4-17-7-9)18-13-11(14)5-10(15)6-12(13)16/h2-8,18H,1H3. The number of hydrogen-bond donors (Lipinski definition) is 1. The molecule has 2 rings (SSSR count). The van der Waals surface area contributed by atoms with Gasteiger partial charge in [-0.1, -0.05) is 6.07 Å². The van der Waals surface area contributed by atoms with Crippen LogP contribution in [0.5, 0.6) is 0 Å². The Hall–Kier alpha value is -1.49. The molecule has 2 nitrogen and oxygen atoms in total. The zero-order valence-electron chi connectivity index (χ0n) is 9.62. The van der Waals surface area contributed by atoms with Gasteiger partial charge in [0.25, 0.3) is 0 Å². The predicted molar refractivity (Wildman–Crippen MR) is 70.3 cm³/mol. The van der Waals surface area contributed by atoms with Gasteiger partial charge >= 0.3 is 0 Å². The molecule has 1 aromatic heterocycles. The molecular weight excluding hydrogens is 302 g/mol. The second-order valence-corrected chi connectivity index (χ2v) is 4.75. The highest BCUT2D eigenvalue weighted by Gasteiger charge is 2.13. The van der Waals surface area contributed by atoms with Crippen LogP contribution in [0.4, 0.5) is 14.5 Å². The van der Waals surface area contributed by atoms with Crippen LogP contribution in [0.2, 0.25) is 0 Å². The van der Waals surface area contributed by atoms with Crippen molar-refractivity contribution in [3.8, 4) is 0 Å². The number of hydrogen-bond acceptors (Lipinski definition) is 2. The van der Waals surface area contributed by atoms with Crippen molar-refractivity contribution in [3.05, 3.63) is 58.3 Å². The SMILES string of the molecule is CC(Nc1c(F)cc(F)cc1Br)c1cccnc1. The fourth-order valence-electron chi connectivity index (χ4n) is 1.61. The largest absolute Gasteiger partial charge is 0.375 e. The van der Waals surface area contributed by atoms with Gasteiger partial charge in [-0.15, -0.1) is 0 Å². The van der Waals surface area contributed by atoms with Crippen LogP contribution in [0.1, 0.15) is 18.5 Å². The predicted octanol–water partition coefficient (Wildman–Crippen LogP) is 4.30. The van der Waals surface area contributed by atoms with Crippen LogP contribution < -0.4 is 5.32 Å². The van der Waals surface area contributed by atoms with E-state index in [2.05, 4.69) is 26.2 Å². The van der Waals surface area contributed by atoms with Crippen LogP contribution in [0.3, 0.4) is 0 Å². The summed E-state index contributed by atoms with van der Waals surface area (Å²) in [6.07, 6.45) is 3.37. The van der Waals surface area contributed by atoms with E-state index < -0.39 is 11.6 Å². The molecule has 0 saturated carbocycles. The van der Waals surface area contributed by atoms with Gasteiger partial charge in [-0.05, 0) is 40.5 Å². The van der Waals surface area contributed by atoms with Gasteiger partial charge < -0.3 is 5.32 Å². The summed E-state index contributed by atoms with van der Waals surface area (Å²) in [5.74, 6) is -1.24. The number of anilines is 1. The van der Waals surface area contributed by atoms with Crippen molar-refractivity contribution in [2.45, 2.75) is 13.0 Å². The Kier molecular flexibility index (Phi) is 3.91. The smallest absolute Gasteiger partial charge is 0.150 e.